The monoisotopic (exact) mass is 785 g/mol. The summed E-state index contributed by atoms with van der Waals surface area (Å²) in [6, 6.07) is 67.8. The number of nitrogens with zero attached hydrogens (tertiary/aromatic N) is 3. The Balaban J connectivity index is 1.27. The summed E-state index contributed by atoms with van der Waals surface area (Å²) in [6.07, 6.45) is 0. The molecular weight excluding hydrogens is 755 g/mol. The number of hydrogen-bond donors (Lipinski definition) is 0. The summed E-state index contributed by atoms with van der Waals surface area (Å²) < 4.78 is 5.02. The molecule has 0 unspecified atom stereocenters. The van der Waals surface area contributed by atoms with Crippen molar-refractivity contribution < 1.29 is 0 Å². The van der Waals surface area contributed by atoms with Crippen molar-refractivity contribution in [1.29, 1.82) is 0 Å². The summed E-state index contributed by atoms with van der Waals surface area (Å²) >= 11 is 3.63. The van der Waals surface area contributed by atoms with Gasteiger partial charge in [-0.1, -0.05) is 182 Å². The maximum absolute atomic E-state index is 5.82. The van der Waals surface area contributed by atoms with Crippen molar-refractivity contribution in [1.82, 2.24) is 14.5 Å². The van der Waals surface area contributed by atoms with Gasteiger partial charge in [-0.2, -0.15) is 0 Å². The summed E-state index contributed by atoms with van der Waals surface area (Å²) in [4.78, 5) is 13.7. The van der Waals surface area contributed by atoms with Crippen molar-refractivity contribution in [2.75, 3.05) is 0 Å². The Hall–Kier alpha value is -7.18. The van der Waals surface area contributed by atoms with Crippen molar-refractivity contribution >= 4 is 107 Å². The second kappa shape index (κ2) is 12.7. The van der Waals surface area contributed by atoms with Gasteiger partial charge < -0.3 is 0 Å². The van der Waals surface area contributed by atoms with Gasteiger partial charge in [0.1, 0.15) is 16.0 Å². The number of aromatic nitrogens is 3. The maximum atomic E-state index is 5.82. The summed E-state index contributed by atoms with van der Waals surface area (Å²) in [5.41, 5.74) is 8.49. The summed E-state index contributed by atoms with van der Waals surface area (Å²) in [7, 11) is 0. The first kappa shape index (κ1) is 32.9. The average Bonchev–Trinajstić information content (AvgIpc) is 4.00. The Morgan fingerprint density at radius 1 is 0.390 bits per heavy atom. The predicted molar refractivity (Wildman–Crippen MR) is 253 cm³/mol. The van der Waals surface area contributed by atoms with Crippen LogP contribution >= 0.6 is 22.7 Å². The van der Waals surface area contributed by atoms with E-state index in [0.29, 0.717) is 0 Å². The Bertz CT molecular complexity index is 3820. The molecule has 13 aromatic rings. The highest BCUT2D eigenvalue weighted by atomic mass is 32.1. The quantitative estimate of drug-likeness (QED) is 0.178. The average molecular weight is 786 g/mol. The summed E-state index contributed by atoms with van der Waals surface area (Å²) in [5.74, 6) is 0.832. The van der Waals surface area contributed by atoms with Crippen molar-refractivity contribution in [3.63, 3.8) is 0 Å². The van der Waals surface area contributed by atoms with Gasteiger partial charge in [0, 0.05) is 42.2 Å². The number of rotatable bonds is 4. The van der Waals surface area contributed by atoms with Crippen LogP contribution in [0, 0.1) is 0 Å². The number of thiophene rings is 2. The molecule has 274 valence electrons. The second-order valence-corrected chi connectivity index (χ2v) is 17.2. The van der Waals surface area contributed by atoms with E-state index < -0.39 is 0 Å². The molecule has 4 aromatic heterocycles. The minimum Gasteiger partial charge on any atom is -0.290 e. The number of benzene rings is 9. The second-order valence-electron chi connectivity index (χ2n) is 15.2. The van der Waals surface area contributed by atoms with Crippen LogP contribution in [-0.2, 0) is 0 Å². The first-order valence-electron chi connectivity index (χ1n) is 19.9. The first-order chi connectivity index (χ1) is 29.3. The standard InChI is InChI=1S/C54H31N3S2/c1-4-18-34(19-5-1)43-48-54(59-50(43)36-22-8-3-9-23-36)56-53(47(55-48)35-20-6-2-7-21-35)57-42-31-29-32-16-10-12-24-37(32)45(42)46-40-27-15-14-26-39(40)44-41-30-28-33-17-11-13-25-38(33)51(41)58-52(44)49(46)57/h1-31H. The Morgan fingerprint density at radius 3 is 1.69 bits per heavy atom. The van der Waals surface area contributed by atoms with Crippen LogP contribution in [0.2, 0.25) is 0 Å². The van der Waals surface area contributed by atoms with Gasteiger partial charge in [-0.05, 0) is 49.5 Å². The Kier molecular flexibility index (Phi) is 7.05. The molecule has 0 atom stereocenters. The highest BCUT2D eigenvalue weighted by Crippen LogP contribution is 2.51. The molecule has 5 heteroatoms. The van der Waals surface area contributed by atoms with E-state index in [9.17, 15) is 0 Å². The van der Waals surface area contributed by atoms with Gasteiger partial charge in [0.2, 0.25) is 0 Å². The van der Waals surface area contributed by atoms with Crippen molar-refractivity contribution in [2.24, 2.45) is 0 Å². The van der Waals surface area contributed by atoms with Crippen LogP contribution in [0.5, 0.6) is 0 Å². The zero-order valence-electron chi connectivity index (χ0n) is 31.6. The normalized spacial score (nSPS) is 12.1. The van der Waals surface area contributed by atoms with Crippen molar-refractivity contribution in [3.05, 3.63) is 188 Å². The summed E-state index contributed by atoms with van der Waals surface area (Å²) in [6.45, 7) is 0. The molecule has 59 heavy (non-hydrogen) atoms. The fourth-order valence-corrected chi connectivity index (χ4v) is 12.0. The van der Waals surface area contributed by atoms with E-state index in [-0.39, 0.29) is 0 Å². The van der Waals surface area contributed by atoms with Crippen LogP contribution < -0.4 is 0 Å². The van der Waals surface area contributed by atoms with Gasteiger partial charge in [-0.15, -0.1) is 22.7 Å². The van der Waals surface area contributed by atoms with Crippen LogP contribution in [0.15, 0.2) is 188 Å². The zero-order valence-corrected chi connectivity index (χ0v) is 33.2. The lowest BCUT2D eigenvalue weighted by Gasteiger charge is -2.14. The topological polar surface area (TPSA) is 30.7 Å². The van der Waals surface area contributed by atoms with E-state index in [4.69, 9.17) is 9.97 Å². The third-order valence-electron chi connectivity index (χ3n) is 12.0. The van der Waals surface area contributed by atoms with Gasteiger partial charge in [0.05, 0.1) is 15.7 Å². The molecule has 0 bridgehead atoms. The molecule has 0 aliphatic rings. The lowest BCUT2D eigenvalue weighted by molar-refractivity contribution is 1.09. The molecule has 0 saturated heterocycles. The van der Waals surface area contributed by atoms with Gasteiger partial charge in [0.15, 0.2) is 5.82 Å². The van der Waals surface area contributed by atoms with Crippen molar-refractivity contribution in [3.8, 4) is 38.6 Å². The summed E-state index contributed by atoms with van der Waals surface area (Å²) in [5, 5.41) is 12.5. The maximum Gasteiger partial charge on any atom is 0.166 e. The van der Waals surface area contributed by atoms with E-state index in [1.807, 2.05) is 11.3 Å². The van der Waals surface area contributed by atoms with Crippen LogP contribution in [0.1, 0.15) is 0 Å². The molecule has 0 aliphatic carbocycles. The van der Waals surface area contributed by atoms with Crippen LogP contribution in [-0.4, -0.2) is 14.5 Å². The van der Waals surface area contributed by atoms with E-state index in [1.165, 1.54) is 73.7 Å². The third-order valence-corrected chi connectivity index (χ3v) is 14.4. The molecule has 13 rings (SSSR count). The van der Waals surface area contributed by atoms with Gasteiger partial charge >= 0.3 is 0 Å². The fourth-order valence-electron chi connectivity index (χ4n) is 9.45. The van der Waals surface area contributed by atoms with E-state index in [2.05, 4.69) is 193 Å². The highest BCUT2D eigenvalue weighted by molar-refractivity contribution is 7.27. The third kappa shape index (κ3) is 4.74. The number of fused-ring (bicyclic) bond motifs is 15. The largest absolute Gasteiger partial charge is 0.290 e. The Morgan fingerprint density at radius 2 is 0.966 bits per heavy atom. The van der Waals surface area contributed by atoms with Crippen LogP contribution in [0.25, 0.3) is 123 Å². The molecule has 0 fully saturated rings. The molecule has 0 amide bonds. The fraction of sp³-hybridized carbons (Fsp3) is 0. The molecule has 4 heterocycles. The van der Waals surface area contributed by atoms with Crippen LogP contribution in [0.4, 0.5) is 0 Å². The van der Waals surface area contributed by atoms with Crippen LogP contribution in [0.3, 0.4) is 0 Å². The number of hydrogen-bond acceptors (Lipinski definition) is 4. The Labute approximate surface area is 346 Å². The molecule has 0 saturated carbocycles. The van der Waals surface area contributed by atoms with Gasteiger partial charge in [-0.3, -0.25) is 4.57 Å². The molecule has 0 N–H and O–H groups in total. The molecule has 0 radical (unpaired) electrons. The molecule has 9 aromatic carbocycles. The van der Waals surface area contributed by atoms with Crippen molar-refractivity contribution in [2.45, 2.75) is 0 Å². The molecule has 0 spiro atoms. The molecule has 3 nitrogen and oxygen atoms in total. The highest BCUT2D eigenvalue weighted by Gasteiger charge is 2.28. The van der Waals surface area contributed by atoms with E-state index >= 15 is 0 Å². The SMILES string of the molecule is c1ccc(-c2nc3c(-c4ccccc4)c(-c4ccccc4)sc3nc2-n2c3ccc4ccccc4c3c3c4ccccc4c4c5ccc6ccccc6c5sc4c32)cc1. The minimum absolute atomic E-state index is 0.832. The lowest BCUT2D eigenvalue weighted by atomic mass is 9.96. The lowest BCUT2D eigenvalue weighted by Crippen LogP contribution is -2.03. The van der Waals surface area contributed by atoms with Gasteiger partial charge in [0.25, 0.3) is 0 Å². The van der Waals surface area contributed by atoms with Gasteiger partial charge in [-0.25, -0.2) is 9.97 Å². The minimum atomic E-state index is 0.832. The van der Waals surface area contributed by atoms with E-state index in [1.54, 1.807) is 11.3 Å². The predicted octanol–water partition coefficient (Wildman–Crippen LogP) is 15.6. The zero-order chi connectivity index (χ0) is 38.6. The molecule has 0 aliphatic heterocycles. The smallest absolute Gasteiger partial charge is 0.166 e. The molecular formula is C54H31N3S2. The first-order valence-corrected chi connectivity index (χ1v) is 21.6. The van der Waals surface area contributed by atoms with E-state index in [0.717, 1.165) is 49.6 Å².